The van der Waals surface area contributed by atoms with Crippen molar-refractivity contribution in [1.82, 2.24) is 9.80 Å². The van der Waals surface area contributed by atoms with Crippen LogP contribution in [0.3, 0.4) is 0 Å². The molecule has 0 bridgehead atoms. The number of methoxy groups -OCH3 is 2. The number of carbonyl (C=O) groups excluding carboxylic acids is 2. The van der Waals surface area contributed by atoms with Gasteiger partial charge < -0.3 is 24.2 Å². The molecule has 0 unspecified atom stereocenters. The van der Waals surface area contributed by atoms with Gasteiger partial charge >= 0.3 is 0 Å². The molecule has 3 aromatic rings. The average Bonchev–Trinajstić information content (AvgIpc) is 2.98. The lowest BCUT2D eigenvalue weighted by Crippen LogP contribution is -2.54. The van der Waals surface area contributed by atoms with Gasteiger partial charge in [0.2, 0.25) is 5.91 Å². The molecule has 3 heterocycles. The van der Waals surface area contributed by atoms with E-state index in [0.29, 0.717) is 36.7 Å². The molecule has 202 valence electrons. The molecule has 3 aliphatic heterocycles. The van der Waals surface area contributed by atoms with E-state index in [0.717, 1.165) is 30.6 Å². The number of nitrogens with zero attached hydrogens (tertiary/aromatic N) is 3. The van der Waals surface area contributed by atoms with Gasteiger partial charge in [0, 0.05) is 44.0 Å². The van der Waals surface area contributed by atoms with Crippen LogP contribution in [-0.2, 0) is 11.2 Å². The molecule has 3 aromatic carbocycles. The first-order chi connectivity index (χ1) is 18.9. The molecule has 1 saturated heterocycles. The summed E-state index contributed by atoms with van der Waals surface area (Å²) in [7, 11) is 3.15. The Morgan fingerprint density at radius 3 is 2.31 bits per heavy atom. The minimum Gasteiger partial charge on any atom is -0.493 e. The second-order valence-electron chi connectivity index (χ2n) is 10.7. The molecule has 0 saturated carbocycles. The standard InChI is InChI=1S/C32H35N3O4/c1-20-8-7-11-26(21(20)2)33-14-16-34(17-15-33)32(37)29-24-18-27(38-3)28(39-4)19-25(24)31(36)35-13-12-22-9-5-6-10-23(22)30(29)35/h5-11,18-19,29-30H,12-17H2,1-4H3/t29-,30-/m0/s1. The summed E-state index contributed by atoms with van der Waals surface area (Å²) in [4.78, 5) is 34.6. The Hall–Kier alpha value is -4.00. The number of anilines is 1. The molecular weight excluding hydrogens is 490 g/mol. The third kappa shape index (κ3) is 4.11. The smallest absolute Gasteiger partial charge is 0.254 e. The Kier molecular flexibility index (Phi) is 6.45. The van der Waals surface area contributed by atoms with Crippen LogP contribution in [0.25, 0.3) is 0 Å². The highest BCUT2D eigenvalue weighted by molar-refractivity contribution is 6.02. The van der Waals surface area contributed by atoms with Crippen LogP contribution in [-0.4, -0.2) is 68.6 Å². The van der Waals surface area contributed by atoms with E-state index < -0.39 is 5.92 Å². The highest BCUT2D eigenvalue weighted by atomic mass is 16.5. The Morgan fingerprint density at radius 2 is 1.56 bits per heavy atom. The van der Waals surface area contributed by atoms with Gasteiger partial charge in [-0.05, 0) is 66.3 Å². The number of hydrogen-bond donors (Lipinski definition) is 0. The number of carbonyl (C=O) groups is 2. The molecule has 39 heavy (non-hydrogen) atoms. The summed E-state index contributed by atoms with van der Waals surface area (Å²) in [6, 6.07) is 17.9. The van der Waals surface area contributed by atoms with Gasteiger partial charge in [0.1, 0.15) is 0 Å². The molecule has 7 nitrogen and oxygen atoms in total. The van der Waals surface area contributed by atoms with Crippen molar-refractivity contribution in [2.45, 2.75) is 32.2 Å². The third-order valence-corrected chi connectivity index (χ3v) is 8.80. The van der Waals surface area contributed by atoms with Crippen LogP contribution in [0.4, 0.5) is 5.69 Å². The van der Waals surface area contributed by atoms with Crippen molar-refractivity contribution in [2.75, 3.05) is 51.8 Å². The Labute approximate surface area is 229 Å². The van der Waals surface area contributed by atoms with E-state index in [1.807, 2.05) is 28.0 Å². The van der Waals surface area contributed by atoms with Gasteiger partial charge in [-0.2, -0.15) is 0 Å². The van der Waals surface area contributed by atoms with E-state index in [2.05, 4.69) is 49.1 Å². The fourth-order valence-electron chi connectivity index (χ4n) is 6.56. The lowest BCUT2D eigenvalue weighted by molar-refractivity contribution is -0.135. The number of piperazine rings is 1. The number of rotatable bonds is 4. The molecule has 1 fully saturated rings. The first-order valence-corrected chi connectivity index (χ1v) is 13.7. The minimum absolute atomic E-state index is 0.0586. The zero-order chi connectivity index (χ0) is 27.3. The molecular formula is C32H35N3O4. The van der Waals surface area contributed by atoms with Gasteiger partial charge in [0.25, 0.3) is 5.91 Å². The van der Waals surface area contributed by atoms with Crippen molar-refractivity contribution >= 4 is 17.5 Å². The van der Waals surface area contributed by atoms with Gasteiger partial charge in [-0.3, -0.25) is 9.59 Å². The third-order valence-electron chi connectivity index (χ3n) is 8.80. The molecule has 2 atom stereocenters. The molecule has 0 radical (unpaired) electrons. The lowest BCUT2D eigenvalue weighted by atomic mass is 9.75. The van der Waals surface area contributed by atoms with E-state index in [1.54, 1.807) is 20.3 Å². The van der Waals surface area contributed by atoms with Gasteiger partial charge in [-0.15, -0.1) is 0 Å². The summed E-state index contributed by atoms with van der Waals surface area (Å²) >= 11 is 0. The number of ether oxygens (including phenoxy) is 2. The fraction of sp³-hybridized carbons (Fsp3) is 0.375. The van der Waals surface area contributed by atoms with Crippen molar-refractivity contribution < 1.29 is 19.1 Å². The second-order valence-corrected chi connectivity index (χ2v) is 10.7. The van der Waals surface area contributed by atoms with Crippen LogP contribution >= 0.6 is 0 Å². The van der Waals surface area contributed by atoms with Crippen LogP contribution in [0.2, 0.25) is 0 Å². The first-order valence-electron chi connectivity index (χ1n) is 13.7. The van der Waals surface area contributed by atoms with Crippen molar-refractivity contribution in [3.05, 3.63) is 88.0 Å². The highest BCUT2D eigenvalue weighted by Crippen LogP contribution is 2.49. The second kappa shape index (κ2) is 9.95. The van der Waals surface area contributed by atoms with Crippen LogP contribution < -0.4 is 14.4 Å². The van der Waals surface area contributed by atoms with E-state index in [4.69, 9.17) is 9.47 Å². The first kappa shape index (κ1) is 25.3. The predicted molar refractivity (Wildman–Crippen MR) is 151 cm³/mol. The van der Waals surface area contributed by atoms with Gasteiger partial charge in [-0.25, -0.2) is 0 Å². The van der Waals surface area contributed by atoms with Gasteiger partial charge in [0.05, 0.1) is 26.2 Å². The molecule has 0 aromatic heterocycles. The molecule has 0 aliphatic carbocycles. The largest absolute Gasteiger partial charge is 0.493 e. The molecule has 6 rings (SSSR count). The van der Waals surface area contributed by atoms with Crippen LogP contribution in [0.5, 0.6) is 11.5 Å². The number of fused-ring (bicyclic) bond motifs is 4. The number of amides is 2. The topological polar surface area (TPSA) is 62.3 Å². The molecule has 3 aliphatic rings. The van der Waals surface area contributed by atoms with Gasteiger partial charge in [-0.1, -0.05) is 36.4 Å². The normalized spacial score (nSPS) is 20.2. The van der Waals surface area contributed by atoms with Crippen molar-refractivity contribution in [2.24, 2.45) is 0 Å². The monoisotopic (exact) mass is 525 g/mol. The van der Waals surface area contributed by atoms with Crippen LogP contribution in [0, 0.1) is 13.8 Å². The van der Waals surface area contributed by atoms with E-state index in [9.17, 15) is 9.59 Å². The summed E-state index contributed by atoms with van der Waals surface area (Å²) in [5.74, 6) is 0.497. The van der Waals surface area contributed by atoms with E-state index in [-0.39, 0.29) is 17.9 Å². The van der Waals surface area contributed by atoms with Crippen molar-refractivity contribution in [1.29, 1.82) is 0 Å². The summed E-state index contributed by atoms with van der Waals surface area (Å²) in [5.41, 5.74) is 7.30. The number of aryl methyl sites for hydroxylation is 1. The summed E-state index contributed by atoms with van der Waals surface area (Å²) < 4.78 is 11.1. The van der Waals surface area contributed by atoms with Gasteiger partial charge in [0.15, 0.2) is 11.5 Å². The number of benzene rings is 3. The molecule has 0 spiro atoms. The Balaban J connectivity index is 1.38. The van der Waals surface area contributed by atoms with E-state index >= 15 is 0 Å². The predicted octanol–water partition coefficient (Wildman–Crippen LogP) is 4.51. The SMILES string of the molecule is COc1cc2c(cc1OC)[C@H](C(=O)N1CCN(c3cccc(C)c3C)CC1)[C@@H]1c3ccccc3CCN1C2=O. The van der Waals surface area contributed by atoms with Crippen LogP contribution in [0.1, 0.15) is 50.1 Å². The Bertz CT molecular complexity index is 1440. The zero-order valence-electron chi connectivity index (χ0n) is 23.1. The number of hydrogen-bond acceptors (Lipinski definition) is 5. The average molecular weight is 526 g/mol. The summed E-state index contributed by atoms with van der Waals surface area (Å²) in [6.45, 7) is 7.68. The molecule has 2 amide bonds. The quantitative estimate of drug-likeness (QED) is 0.502. The fourth-order valence-corrected chi connectivity index (χ4v) is 6.56. The maximum absolute atomic E-state index is 14.5. The highest BCUT2D eigenvalue weighted by Gasteiger charge is 2.48. The van der Waals surface area contributed by atoms with Crippen molar-refractivity contribution in [3.63, 3.8) is 0 Å². The summed E-state index contributed by atoms with van der Waals surface area (Å²) in [6.07, 6.45) is 0.774. The van der Waals surface area contributed by atoms with E-state index in [1.165, 1.54) is 22.4 Å². The summed E-state index contributed by atoms with van der Waals surface area (Å²) in [5, 5.41) is 0. The minimum atomic E-state index is -0.522. The molecule has 7 heteroatoms. The van der Waals surface area contributed by atoms with Crippen molar-refractivity contribution in [3.8, 4) is 11.5 Å². The van der Waals surface area contributed by atoms with Crippen LogP contribution in [0.15, 0.2) is 54.6 Å². The Morgan fingerprint density at radius 1 is 0.846 bits per heavy atom. The molecule has 0 N–H and O–H groups in total. The maximum Gasteiger partial charge on any atom is 0.254 e. The zero-order valence-corrected chi connectivity index (χ0v) is 23.1. The maximum atomic E-state index is 14.5. The lowest BCUT2D eigenvalue weighted by Gasteiger charge is -2.47.